The Morgan fingerprint density at radius 1 is 1.26 bits per heavy atom. The lowest BCUT2D eigenvalue weighted by atomic mass is 9.95. The fourth-order valence-corrected chi connectivity index (χ4v) is 4.89. The van der Waals surface area contributed by atoms with Gasteiger partial charge in [0.2, 0.25) is 0 Å². The van der Waals surface area contributed by atoms with Crippen LogP contribution >= 0.6 is 11.3 Å². The van der Waals surface area contributed by atoms with Crippen molar-refractivity contribution < 1.29 is 13.6 Å². The lowest BCUT2D eigenvalue weighted by Crippen LogP contribution is -2.29. The highest BCUT2D eigenvalue weighted by Crippen LogP contribution is 2.37. The Balaban J connectivity index is 1.68. The number of alkyl halides is 2. The van der Waals surface area contributed by atoms with E-state index >= 15 is 0 Å². The fraction of sp³-hybridized carbons (Fsp3) is 0.368. The molecule has 0 fully saturated rings. The zero-order chi connectivity index (χ0) is 19.0. The van der Waals surface area contributed by atoms with Gasteiger partial charge in [0.1, 0.15) is 10.8 Å². The van der Waals surface area contributed by atoms with Crippen LogP contribution in [0.3, 0.4) is 0 Å². The van der Waals surface area contributed by atoms with E-state index in [1.165, 1.54) is 22.2 Å². The average molecular weight is 390 g/mol. The number of aryl methyl sites for hydroxylation is 1. The van der Waals surface area contributed by atoms with Crippen LogP contribution in [0.4, 0.5) is 8.78 Å². The topological polar surface area (TPSA) is 43.1 Å². The standard InChI is InChI=1S/C19H20F2N4OS/c1-23(12-15-22-8-11-25(15)19(20)21)17(26)16-13-6-2-3-7-14(13)27-18(16)24-9-4-5-10-24/h4-5,8-11,19H,2-3,6-7,12H2,1H3. The molecule has 142 valence electrons. The van der Waals surface area contributed by atoms with Crippen LogP contribution < -0.4 is 0 Å². The summed E-state index contributed by atoms with van der Waals surface area (Å²) in [5.74, 6) is 0.0226. The van der Waals surface area contributed by atoms with Crippen LogP contribution in [0, 0.1) is 0 Å². The van der Waals surface area contributed by atoms with Crippen LogP contribution in [0.2, 0.25) is 0 Å². The van der Waals surface area contributed by atoms with Gasteiger partial charge in [-0.15, -0.1) is 11.3 Å². The molecule has 0 saturated heterocycles. The van der Waals surface area contributed by atoms with Crippen molar-refractivity contribution in [1.29, 1.82) is 0 Å². The van der Waals surface area contributed by atoms with Gasteiger partial charge in [0.05, 0.1) is 12.1 Å². The summed E-state index contributed by atoms with van der Waals surface area (Å²) in [6, 6.07) is 3.85. The molecule has 0 spiro atoms. The van der Waals surface area contributed by atoms with Crippen molar-refractivity contribution >= 4 is 17.2 Å². The first kappa shape index (κ1) is 17.9. The number of carbonyl (C=O) groups is 1. The number of thiophene rings is 1. The number of hydrogen-bond acceptors (Lipinski definition) is 3. The Kier molecular flexibility index (Phi) is 4.82. The second-order valence-electron chi connectivity index (χ2n) is 6.67. The van der Waals surface area contributed by atoms with E-state index in [4.69, 9.17) is 0 Å². The predicted molar refractivity (Wildman–Crippen MR) is 99.6 cm³/mol. The zero-order valence-electron chi connectivity index (χ0n) is 14.9. The molecule has 0 saturated carbocycles. The summed E-state index contributed by atoms with van der Waals surface area (Å²) in [5.41, 5.74) is 1.81. The number of aromatic nitrogens is 3. The molecule has 0 radical (unpaired) electrons. The second-order valence-corrected chi connectivity index (χ2v) is 7.75. The summed E-state index contributed by atoms with van der Waals surface area (Å²) in [4.78, 5) is 20.0. The van der Waals surface area contributed by atoms with Crippen molar-refractivity contribution in [2.75, 3.05) is 7.05 Å². The highest BCUT2D eigenvalue weighted by atomic mass is 32.1. The Labute approximate surface area is 159 Å². The molecule has 8 heteroatoms. The van der Waals surface area contributed by atoms with Crippen molar-refractivity contribution in [3.05, 3.63) is 58.7 Å². The van der Waals surface area contributed by atoms with Gasteiger partial charge in [-0.2, -0.15) is 8.78 Å². The summed E-state index contributed by atoms with van der Waals surface area (Å²) in [5, 5.41) is 0.904. The molecule has 4 rings (SSSR count). The Bertz CT molecular complexity index is 945. The van der Waals surface area contributed by atoms with E-state index in [0.29, 0.717) is 5.56 Å². The van der Waals surface area contributed by atoms with Crippen molar-refractivity contribution in [3.8, 4) is 5.00 Å². The van der Waals surface area contributed by atoms with Gasteiger partial charge in [0.25, 0.3) is 5.91 Å². The maximum atomic E-state index is 13.3. The van der Waals surface area contributed by atoms with Crippen LogP contribution in [-0.4, -0.2) is 32.0 Å². The Morgan fingerprint density at radius 3 is 2.74 bits per heavy atom. The van der Waals surface area contributed by atoms with E-state index in [9.17, 15) is 13.6 Å². The molecule has 0 aromatic carbocycles. The van der Waals surface area contributed by atoms with E-state index in [2.05, 4.69) is 4.98 Å². The van der Waals surface area contributed by atoms with E-state index in [0.717, 1.165) is 40.8 Å². The SMILES string of the molecule is CN(Cc1nccn1C(F)F)C(=O)c1c(-n2cccc2)sc2c1CCCC2. The number of hydrogen-bond donors (Lipinski definition) is 0. The summed E-state index contributed by atoms with van der Waals surface area (Å²) in [6.07, 6.45) is 10.5. The molecule has 3 aromatic heterocycles. The van der Waals surface area contributed by atoms with E-state index in [-0.39, 0.29) is 18.3 Å². The predicted octanol–water partition coefficient (Wildman–Crippen LogP) is 4.28. The Morgan fingerprint density at radius 2 is 2.00 bits per heavy atom. The van der Waals surface area contributed by atoms with Gasteiger partial charge in [-0.05, 0) is 43.4 Å². The first-order chi connectivity index (χ1) is 13.1. The number of halogens is 2. The molecular formula is C19H20F2N4OS. The molecule has 0 N–H and O–H groups in total. The van der Waals surface area contributed by atoms with Crippen molar-refractivity contribution in [2.45, 2.75) is 38.8 Å². The molecule has 5 nitrogen and oxygen atoms in total. The number of carbonyl (C=O) groups excluding carboxylic acids is 1. The number of imidazole rings is 1. The van der Waals surface area contributed by atoms with Gasteiger partial charge in [0.15, 0.2) is 0 Å². The van der Waals surface area contributed by atoms with Gasteiger partial charge in [-0.3, -0.25) is 9.36 Å². The van der Waals surface area contributed by atoms with Crippen molar-refractivity contribution in [3.63, 3.8) is 0 Å². The molecule has 1 aliphatic rings. The van der Waals surface area contributed by atoms with E-state index < -0.39 is 6.55 Å². The molecule has 3 heterocycles. The number of amides is 1. The van der Waals surface area contributed by atoms with Gasteiger partial charge < -0.3 is 9.47 Å². The van der Waals surface area contributed by atoms with Crippen LogP contribution in [0.5, 0.6) is 0 Å². The molecule has 1 amide bonds. The van der Waals surface area contributed by atoms with Crippen LogP contribution in [0.1, 0.15) is 46.0 Å². The minimum absolute atomic E-state index is 0.0336. The second kappa shape index (κ2) is 7.26. The van der Waals surface area contributed by atoms with Crippen LogP contribution in [0.25, 0.3) is 5.00 Å². The third kappa shape index (κ3) is 3.29. The highest BCUT2D eigenvalue weighted by molar-refractivity contribution is 7.15. The third-order valence-electron chi connectivity index (χ3n) is 4.89. The number of nitrogens with zero attached hydrogens (tertiary/aromatic N) is 4. The number of fused-ring (bicyclic) bond motifs is 1. The molecule has 0 atom stereocenters. The molecule has 1 aliphatic carbocycles. The minimum atomic E-state index is -2.67. The van der Waals surface area contributed by atoms with Crippen molar-refractivity contribution in [1.82, 2.24) is 19.0 Å². The van der Waals surface area contributed by atoms with Gasteiger partial charge in [0, 0.05) is 36.7 Å². The van der Waals surface area contributed by atoms with Gasteiger partial charge in [-0.25, -0.2) is 4.98 Å². The first-order valence-corrected chi connectivity index (χ1v) is 9.71. The molecule has 0 aliphatic heterocycles. The molecule has 27 heavy (non-hydrogen) atoms. The maximum absolute atomic E-state index is 13.3. The lowest BCUT2D eigenvalue weighted by molar-refractivity contribution is 0.0612. The fourth-order valence-electron chi connectivity index (χ4n) is 3.54. The van der Waals surface area contributed by atoms with Crippen LogP contribution in [0.15, 0.2) is 36.9 Å². The van der Waals surface area contributed by atoms with Crippen molar-refractivity contribution in [2.24, 2.45) is 0 Å². The minimum Gasteiger partial charge on any atom is -0.334 e. The highest BCUT2D eigenvalue weighted by Gasteiger charge is 2.28. The molecule has 0 unspecified atom stereocenters. The van der Waals surface area contributed by atoms with Crippen LogP contribution in [-0.2, 0) is 19.4 Å². The first-order valence-electron chi connectivity index (χ1n) is 8.89. The van der Waals surface area contributed by atoms with E-state index in [1.54, 1.807) is 18.4 Å². The normalized spacial score (nSPS) is 13.8. The lowest BCUT2D eigenvalue weighted by Gasteiger charge is -2.20. The zero-order valence-corrected chi connectivity index (χ0v) is 15.8. The number of rotatable bonds is 5. The summed E-state index contributed by atoms with van der Waals surface area (Å²) in [7, 11) is 1.64. The van der Waals surface area contributed by atoms with Gasteiger partial charge in [-0.1, -0.05) is 0 Å². The van der Waals surface area contributed by atoms with Gasteiger partial charge >= 0.3 is 6.55 Å². The summed E-state index contributed by atoms with van der Waals surface area (Å²) in [6.45, 7) is -2.64. The smallest absolute Gasteiger partial charge is 0.319 e. The maximum Gasteiger partial charge on any atom is 0.319 e. The summed E-state index contributed by atoms with van der Waals surface area (Å²) < 4.78 is 28.9. The monoisotopic (exact) mass is 390 g/mol. The van der Waals surface area contributed by atoms with E-state index in [1.807, 2.05) is 29.1 Å². The third-order valence-corrected chi connectivity index (χ3v) is 6.20. The summed E-state index contributed by atoms with van der Waals surface area (Å²) >= 11 is 1.66. The quantitative estimate of drug-likeness (QED) is 0.653. The Hall–Kier alpha value is -2.48. The molecular weight excluding hydrogens is 370 g/mol. The molecule has 3 aromatic rings. The average Bonchev–Trinajstić information content (AvgIpc) is 3.39. The largest absolute Gasteiger partial charge is 0.334 e. The molecule has 0 bridgehead atoms.